The van der Waals surface area contributed by atoms with E-state index in [4.69, 9.17) is 0 Å². The van der Waals surface area contributed by atoms with Gasteiger partial charge < -0.3 is 5.32 Å². The summed E-state index contributed by atoms with van der Waals surface area (Å²) in [4.78, 5) is 11.8. The molecule has 0 bridgehead atoms. The van der Waals surface area contributed by atoms with Crippen molar-refractivity contribution in [1.82, 2.24) is 5.32 Å². The Hall–Kier alpha value is -0.0500. The van der Waals surface area contributed by atoms with Gasteiger partial charge in [0.15, 0.2) is 0 Å². The minimum Gasteiger partial charge on any atom is -0.352 e. The molecule has 0 heterocycles. The second-order valence-electron chi connectivity index (χ2n) is 6.09. The number of carbonyl (C=O) groups is 1. The summed E-state index contributed by atoms with van der Waals surface area (Å²) in [6, 6.07) is 0.388. The topological polar surface area (TPSA) is 29.1 Å². The number of amides is 1. The third-order valence-corrected chi connectivity index (χ3v) is 4.99. The lowest BCUT2D eigenvalue weighted by Crippen LogP contribution is -2.43. The zero-order chi connectivity index (χ0) is 12.3. The maximum atomic E-state index is 11.9. The number of hydrogen-bond acceptors (Lipinski definition) is 1. The summed E-state index contributed by atoms with van der Waals surface area (Å²) in [6.45, 7) is 8.74. The van der Waals surface area contributed by atoms with Crippen LogP contribution in [0.2, 0.25) is 0 Å². The number of hydrogen-bond donors (Lipinski definition) is 1. The normalized spacial score (nSPS) is 23.1. The van der Waals surface area contributed by atoms with Crippen LogP contribution in [0.1, 0.15) is 53.4 Å². The fourth-order valence-electron chi connectivity index (χ4n) is 2.13. The first-order valence-corrected chi connectivity index (χ1v) is 7.18. The number of halogens is 1. The first-order chi connectivity index (χ1) is 7.32. The molecular formula is C13H24BrNO. The van der Waals surface area contributed by atoms with Gasteiger partial charge in [0.05, 0.1) is 4.83 Å². The predicted octanol–water partition coefficient (Wildman–Crippen LogP) is 3.49. The van der Waals surface area contributed by atoms with Gasteiger partial charge >= 0.3 is 0 Å². The van der Waals surface area contributed by atoms with Crippen molar-refractivity contribution in [2.75, 3.05) is 0 Å². The van der Waals surface area contributed by atoms with E-state index >= 15 is 0 Å². The van der Waals surface area contributed by atoms with E-state index in [0.717, 1.165) is 12.8 Å². The average Bonchev–Trinajstić information content (AvgIpc) is 2.19. The van der Waals surface area contributed by atoms with E-state index in [2.05, 4.69) is 48.9 Å². The predicted molar refractivity (Wildman–Crippen MR) is 71.7 cm³/mol. The Balaban J connectivity index is 2.37. The number of carbonyl (C=O) groups excluding carboxylic acids is 1. The van der Waals surface area contributed by atoms with Crippen LogP contribution >= 0.6 is 15.9 Å². The molecule has 1 amide bonds. The van der Waals surface area contributed by atoms with Crippen LogP contribution in [0.5, 0.6) is 0 Å². The molecular weight excluding hydrogens is 266 g/mol. The van der Waals surface area contributed by atoms with Crippen LogP contribution < -0.4 is 5.32 Å². The molecule has 2 nitrogen and oxygen atoms in total. The van der Waals surface area contributed by atoms with Gasteiger partial charge in [0.1, 0.15) is 0 Å². The zero-order valence-corrected chi connectivity index (χ0v) is 12.4. The lowest BCUT2D eigenvalue weighted by molar-refractivity contribution is -0.122. The number of alkyl halides is 1. The molecule has 0 aromatic carbocycles. The maximum absolute atomic E-state index is 11.9. The lowest BCUT2D eigenvalue weighted by atomic mass is 9.75. The molecule has 16 heavy (non-hydrogen) atoms. The molecule has 1 atom stereocenters. The van der Waals surface area contributed by atoms with Crippen molar-refractivity contribution in [2.45, 2.75) is 64.2 Å². The second kappa shape index (κ2) is 5.52. The van der Waals surface area contributed by atoms with Crippen LogP contribution in [0.15, 0.2) is 0 Å². The Morgan fingerprint density at radius 1 is 1.31 bits per heavy atom. The molecule has 1 aliphatic carbocycles. The van der Waals surface area contributed by atoms with E-state index in [9.17, 15) is 4.79 Å². The Morgan fingerprint density at radius 3 is 2.25 bits per heavy atom. The molecule has 0 aromatic heterocycles. The summed E-state index contributed by atoms with van der Waals surface area (Å²) in [6.07, 6.45) is 4.67. The van der Waals surface area contributed by atoms with Crippen LogP contribution in [0.4, 0.5) is 0 Å². The third kappa shape index (κ3) is 4.08. The van der Waals surface area contributed by atoms with Gasteiger partial charge in [-0.15, -0.1) is 0 Å². The van der Waals surface area contributed by atoms with Crippen molar-refractivity contribution in [2.24, 2.45) is 11.3 Å². The standard InChI is InChI=1S/C13H24BrNO/c1-9(2)11(14)12(16)15-10-5-7-13(3,4)8-6-10/h9-11H,5-8H2,1-4H3,(H,15,16). The monoisotopic (exact) mass is 289 g/mol. The van der Waals surface area contributed by atoms with Crippen molar-refractivity contribution in [1.29, 1.82) is 0 Å². The Kier molecular flexibility index (Phi) is 4.84. The molecule has 1 aliphatic rings. The molecule has 1 rings (SSSR count). The summed E-state index contributed by atoms with van der Waals surface area (Å²) in [5, 5.41) is 3.15. The molecule has 0 radical (unpaired) electrons. The highest BCUT2D eigenvalue weighted by molar-refractivity contribution is 9.10. The number of nitrogens with one attached hydrogen (secondary N) is 1. The molecule has 1 N–H and O–H groups in total. The second-order valence-corrected chi connectivity index (χ2v) is 7.08. The minimum atomic E-state index is -0.0533. The van der Waals surface area contributed by atoms with Gasteiger partial charge in [-0.25, -0.2) is 0 Å². The summed E-state index contributed by atoms with van der Waals surface area (Å²) in [5.41, 5.74) is 0.465. The highest BCUT2D eigenvalue weighted by atomic mass is 79.9. The molecule has 0 aromatic rings. The van der Waals surface area contributed by atoms with Crippen LogP contribution in [0, 0.1) is 11.3 Å². The third-order valence-electron chi connectivity index (χ3n) is 3.52. The lowest BCUT2D eigenvalue weighted by Gasteiger charge is -2.35. The van der Waals surface area contributed by atoms with Gasteiger partial charge in [-0.3, -0.25) is 4.79 Å². The van der Waals surface area contributed by atoms with E-state index in [-0.39, 0.29) is 10.7 Å². The van der Waals surface area contributed by atoms with E-state index in [1.165, 1.54) is 12.8 Å². The Labute approximate surface area is 108 Å². The fraction of sp³-hybridized carbons (Fsp3) is 0.923. The number of rotatable bonds is 3. The van der Waals surface area contributed by atoms with E-state index in [1.54, 1.807) is 0 Å². The fourth-order valence-corrected chi connectivity index (χ4v) is 2.26. The largest absolute Gasteiger partial charge is 0.352 e. The van der Waals surface area contributed by atoms with Crippen molar-refractivity contribution >= 4 is 21.8 Å². The Bertz CT molecular complexity index is 240. The van der Waals surface area contributed by atoms with Gasteiger partial charge in [-0.1, -0.05) is 43.6 Å². The summed E-state index contributed by atoms with van der Waals surface area (Å²) < 4.78 is 0. The van der Waals surface area contributed by atoms with Gasteiger partial charge in [-0.05, 0) is 37.0 Å². The van der Waals surface area contributed by atoms with Gasteiger partial charge in [0.25, 0.3) is 0 Å². The van der Waals surface area contributed by atoms with Gasteiger partial charge in [0.2, 0.25) is 5.91 Å². The first kappa shape index (κ1) is 14.0. The van der Waals surface area contributed by atoms with Crippen molar-refractivity contribution < 1.29 is 4.79 Å². The van der Waals surface area contributed by atoms with E-state index in [1.807, 2.05) is 0 Å². The van der Waals surface area contributed by atoms with Crippen LogP contribution in [0.3, 0.4) is 0 Å². The maximum Gasteiger partial charge on any atom is 0.234 e. The molecule has 1 unspecified atom stereocenters. The van der Waals surface area contributed by atoms with Crippen molar-refractivity contribution in [3.05, 3.63) is 0 Å². The average molecular weight is 290 g/mol. The molecule has 0 aliphatic heterocycles. The first-order valence-electron chi connectivity index (χ1n) is 6.26. The van der Waals surface area contributed by atoms with Crippen molar-refractivity contribution in [3.8, 4) is 0 Å². The van der Waals surface area contributed by atoms with Crippen LogP contribution in [0.25, 0.3) is 0 Å². The van der Waals surface area contributed by atoms with Crippen LogP contribution in [-0.2, 0) is 4.79 Å². The molecule has 1 fully saturated rings. The zero-order valence-electron chi connectivity index (χ0n) is 10.8. The highest BCUT2D eigenvalue weighted by Gasteiger charge is 2.29. The summed E-state index contributed by atoms with van der Waals surface area (Å²) in [5.74, 6) is 0.500. The summed E-state index contributed by atoms with van der Waals surface area (Å²) >= 11 is 3.44. The molecule has 3 heteroatoms. The molecule has 0 saturated heterocycles. The molecule has 1 saturated carbocycles. The van der Waals surface area contributed by atoms with Gasteiger partial charge in [0, 0.05) is 6.04 Å². The smallest absolute Gasteiger partial charge is 0.234 e. The van der Waals surface area contributed by atoms with E-state index < -0.39 is 0 Å². The quantitative estimate of drug-likeness (QED) is 0.792. The summed E-state index contributed by atoms with van der Waals surface area (Å²) in [7, 11) is 0. The minimum absolute atomic E-state index is 0.0533. The Morgan fingerprint density at radius 2 is 1.81 bits per heavy atom. The highest BCUT2D eigenvalue weighted by Crippen LogP contribution is 2.35. The van der Waals surface area contributed by atoms with Crippen molar-refractivity contribution in [3.63, 3.8) is 0 Å². The molecule has 94 valence electrons. The van der Waals surface area contributed by atoms with Crippen LogP contribution in [-0.4, -0.2) is 16.8 Å². The van der Waals surface area contributed by atoms with E-state index in [0.29, 0.717) is 17.4 Å². The molecule has 0 spiro atoms. The SMILES string of the molecule is CC(C)C(Br)C(=O)NC1CCC(C)(C)CC1. The van der Waals surface area contributed by atoms with Gasteiger partial charge in [-0.2, -0.15) is 0 Å².